The number of rotatable bonds is 10. The van der Waals surface area contributed by atoms with Crippen LogP contribution in [0.25, 0.3) is 0 Å². The summed E-state index contributed by atoms with van der Waals surface area (Å²) in [4.78, 5) is 29.6. The summed E-state index contributed by atoms with van der Waals surface area (Å²) in [6, 6.07) is 0. The number of nitrogens with one attached hydrogen (secondary N) is 1. The minimum atomic E-state index is -0.303. The van der Waals surface area contributed by atoms with Gasteiger partial charge in [0.2, 0.25) is 5.91 Å². The summed E-state index contributed by atoms with van der Waals surface area (Å²) in [5, 5.41) is 5.06. The van der Waals surface area contributed by atoms with Gasteiger partial charge in [-0.15, -0.1) is 11.3 Å². The molecule has 0 spiro atoms. The maximum absolute atomic E-state index is 11.9. The second-order valence-electron chi connectivity index (χ2n) is 5.08. The number of unbranched alkanes of at least 4 members (excludes halogenated alkanes) is 1. The number of aromatic nitrogens is 1. The highest BCUT2D eigenvalue weighted by molar-refractivity contribution is 7.13. The predicted molar refractivity (Wildman–Crippen MR) is 88.1 cm³/mol. The lowest BCUT2D eigenvalue weighted by atomic mass is 10.3. The summed E-state index contributed by atoms with van der Waals surface area (Å²) in [6.07, 6.45) is 2.87. The van der Waals surface area contributed by atoms with Crippen LogP contribution in [-0.4, -0.2) is 48.5 Å². The molecule has 0 unspecified atom stereocenters. The Labute approximate surface area is 135 Å². The number of hydrogen-bond donors (Lipinski definition) is 1. The highest BCUT2D eigenvalue weighted by Gasteiger charge is 2.11. The van der Waals surface area contributed by atoms with Gasteiger partial charge >= 0.3 is 5.97 Å². The number of anilines is 1. The monoisotopic (exact) mass is 327 g/mol. The van der Waals surface area contributed by atoms with E-state index in [1.807, 2.05) is 7.05 Å². The van der Waals surface area contributed by atoms with Crippen molar-refractivity contribution in [2.24, 2.45) is 0 Å². The fourth-order valence-electron chi connectivity index (χ4n) is 1.82. The van der Waals surface area contributed by atoms with Gasteiger partial charge in [0.1, 0.15) is 0 Å². The molecule has 0 saturated carbocycles. The molecule has 7 heteroatoms. The zero-order valence-corrected chi connectivity index (χ0v) is 14.4. The number of hydrogen-bond acceptors (Lipinski definition) is 6. The third kappa shape index (κ3) is 7.51. The first-order chi connectivity index (χ1) is 10.5. The van der Waals surface area contributed by atoms with Gasteiger partial charge in [-0.3, -0.25) is 9.59 Å². The molecule has 6 nitrogen and oxygen atoms in total. The zero-order chi connectivity index (χ0) is 16.4. The largest absolute Gasteiger partial charge is 0.466 e. The topological polar surface area (TPSA) is 71.5 Å². The van der Waals surface area contributed by atoms with Crippen molar-refractivity contribution in [2.75, 3.05) is 32.1 Å². The van der Waals surface area contributed by atoms with Gasteiger partial charge < -0.3 is 15.0 Å². The minimum absolute atomic E-state index is 0.0552. The van der Waals surface area contributed by atoms with E-state index in [0.717, 1.165) is 25.9 Å². The molecule has 1 amide bonds. The number of ether oxygens (including phenoxy) is 1. The van der Waals surface area contributed by atoms with E-state index in [2.05, 4.69) is 22.1 Å². The van der Waals surface area contributed by atoms with Crippen LogP contribution in [0.5, 0.6) is 0 Å². The fourth-order valence-corrected chi connectivity index (χ4v) is 2.55. The molecule has 1 aromatic heterocycles. The van der Waals surface area contributed by atoms with Crippen LogP contribution in [-0.2, 0) is 20.7 Å². The van der Waals surface area contributed by atoms with Crippen molar-refractivity contribution in [1.29, 1.82) is 0 Å². The van der Waals surface area contributed by atoms with Crippen molar-refractivity contribution in [1.82, 2.24) is 9.88 Å². The van der Waals surface area contributed by atoms with Crippen LogP contribution in [0.1, 0.15) is 38.8 Å². The molecule has 0 aromatic carbocycles. The molecule has 0 radical (unpaired) electrons. The number of amides is 1. The van der Waals surface area contributed by atoms with Crippen LogP contribution in [0, 0.1) is 0 Å². The van der Waals surface area contributed by atoms with E-state index in [0.29, 0.717) is 23.9 Å². The Hall–Kier alpha value is -1.47. The average Bonchev–Trinajstić information content (AvgIpc) is 2.90. The molecule has 0 aliphatic heterocycles. The van der Waals surface area contributed by atoms with Gasteiger partial charge in [0, 0.05) is 18.3 Å². The van der Waals surface area contributed by atoms with Gasteiger partial charge in [-0.05, 0) is 26.9 Å². The number of carbonyl (C=O) groups excluding carboxylic acids is 2. The maximum atomic E-state index is 11.9. The molecule has 0 atom stereocenters. The smallest absolute Gasteiger partial charge is 0.311 e. The summed E-state index contributed by atoms with van der Waals surface area (Å²) < 4.78 is 4.87. The van der Waals surface area contributed by atoms with E-state index in [4.69, 9.17) is 4.74 Å². The molecule has 0 fully saturated rings. The lowest BCUT2D eigenvalue weighted by molar-refractivity contribution is -0.142. The van der Waals surface area contributed by atoms with Crippen LogP contribution in [0.4, 0.5) is 5.13 Å². The Balaban J connectivity index is 2.33. The van der Waals surface area contributed by atoms with Gasteiger partial charge in [0.15, 0.2) is 5.13 Å². The quantitative estimate of drug-likeness (QED) is 0.668. The molecular formula is C15H25N3O3S. The van der Waals surface area contributed by atoms with Crippen molar-refractivity contribution >= 4 is 28.3 Å². The first kappa shape index (κ1) is 18.6. The van der Waals surface area contributed by atoms with Gasteiger partial charge in [-0.2, -0.15) is 0 Å². The van der Waals surface area contributed by atoms with Crippen LogP contribution in [0.3, 0.4) is 0 Å². The first-order valence-corrected chi connectivity index (χ1v) is 8.51. The van der Waals surface area contributed by atoms with E-state index >= 15 is 0 Å². The Morgan fingerprint density at radius 1 is 1.36 bits per heavy atom. The predicted octanol–water partition coefficient (Wildman–Crippen LogP) is 2.31. The molecule has 22 heavy (non-hydrogen) atoms. The van der Waals surface area contributed by atoms with Gasteiger partial charge in [-0.25, -0.2) is 4.98 Å². The van der Waals surface area contributed by atoms with E-state index in [1.54, 1.807) is 12.3 Å². The molecule has 1 heterocycles. The van der Waals surface area contributed by atoms with Crippen LogP contribution < -0.4 is 5.32 Å². The van der Waals surface area contributed by atoms with Gasteiger partial charge in [-0.1, -0.05) is 13.3 Å². The Kier molecular flexibility index (Phi) is 8.69. The van der Waals surface area contributed by atoms with E-state index < -0.39 is 0 Å². The molecule has 124 valence electrons. The van der Waals surface area contributed by atoms with E-state index in [9.17, 15) is 9.59 Å². The Morgan fingerprint density at radius 3 is 2.82 bits per heavy atom. The van der Waals surface area contributed by atoms with Crippen molar-refractivity contribution < 1.29 is 14.3 Å². The number of thiazole rings is 1. The second-order valence-corrected chi connectivity index (χ2v) is 5.94. The lowest BCUT2D eigenvalue weighted by Gasteiger charge is -2.15. The molecule has 0 aliphatic rings. The van der Waals surface area contributed by atoms with Crippen LogP contribution >= 0.6 is 11.3 Å². The first-order valence-electron chi connectivity index (χ1n) is 7.63. The highest BCUT2D eigenvalue weighted by atomic mass is 32.1. The number of nitrogens with zero attached hydrogens (tertiary/aromatic N) is 2. The van der Waals surface area contributed by atoms with Crippen molar-refractivity contribution in [3.63, 3.8) is 0 Å². The lowest BCUT2D eigenvalue weighted by Crippen LogP contribution is -2.25. The standard InChI is InChI=1S/C15H25N3O3S/c1-4-6-8-18(3)9-7-13(19)17-15-16-12(11-22-15)10-14(20)21-5-2/h11H,4-10H2,1-3H3,(H,16,17,19). The summed E-state index contributed by atoms with van der Waals surface area (Å²) in [5.41, 5.74) is 0.624. The maximum Gasteiger partial charge on any atom is 0.311 e. The fraction of sp³-hybridized carbons (Fsp3) is 0.667. The zero-order valence-electron chi connectivity index (χ0n) is 13.6. The third-order valence-electron chi connectivity index (χ3n) is 3.04. The van der Waals surface area contributed by atoms with Crippen molar-refractivity contribution in [3.05, 3.63) is 11.1 Å². The molecule has 0 bridgehead atoms. The summed E-state index contributed by atoms with van der Waals surface area (Å²) in [6.45, 7) is 6.01. The molecule has 0 aliphatic carbocycles. The number of carbonyl (C=O) groups is 2. The van der Waals surface area contributed by atoms with Crippen LogP contribution in [0.15, 0.2) is 5.38 Å². The Bertz CT molecular complexity index is 476. The summed E-state index contributed by atoms with van der Waals surface area (Å²) in [5.74, 6) is -0.358. The Morgan fingerprint density at radius 2 is 2.14 bits per heavy atom. The molecule has 0 saturated heterocycles. The van der Waals surface area contributed by atoms with Crippen molar-refractivity contribution in [2.45, 2.75) is 39.5 Å². The highest BCUT2D eigenvalue weighted by Crippen LogP contribution is 2.16. The molecular weight excluding hydrogens is 302 g/mol. The van der Waals surface area contributed by atoms with Gasteiger partial charge in [0.25, 0.3) is 0 Å². The second kappa shape index (κ2) is 10.3. The van der Waals surface area contributed by atoms with Crippen LogP contribution in [0.2, 0.25) is 0 Å². The molecule has 1 aromatic rings. The van der Waals surface area contributed by atoms with Gasteiger partial charge in [0.05, 0.1) is 18.7 Å². The molecule has 1 rings (SSSR count). The summed E-state index contributed by atoms with van der Waals surface area (Å²) in [7, 11) is 2.02. The molecule has 1 N–H and O–H groups in total. The normalized spacial score (nSPS) is 10.7. The third-order valence-corrected chi connectivity index (χ3v) is 3.85. The summed E-state index contributed by atoms with van der Waals surface area (Å²) >= 11 is 1.32. The average molecular weight is 327 g/mol. The van der Waals surface area contributed by atoms with E-state index in [-0.39, 0.29) is 18.3 Å². The number of esters is 1. The van der Waals surface area contributed by atoms with Crippen molar-refractivity contribution in [3.8, 4) is 0 Å². The SMILES string of the molecule is CCCCN(C)CCC(=O)Nc1nc(CC(=O)OCC)cs1. The van der Waals surface area contributed by atoms with E-state index in [1.165, 1.54) is 11.3 Å². The minimum Gasteiger partial charge on any atom is -0.466 e.